The number of nitrogens with zero attached hydrogens (tertiary/aromatic N) is 1. The van der Waals surface area contributed by atoms with Gasteiger partial charge in [0, 0.05) is 17.2 Å². The number of thioether (sulfide) groups is 1. The molecule has 0 aliphatic rings. The Hall–Kier alpha value is -0.310. The van der Waals surface area contributed by atoms with Crippen molar-refractivity contribution in [3.63, 3.8) is 0 Å². The van der Waals surface area contributed by atoms with Crippen LogP contribution in [0.2, 0.25) is 0 Å². The molecule has 0 bridgehead atoms. The van der Waals surface area contributed by atoms with Gasteiger partial charge >= 0.3 is 0 Å². The Bertz CT molecular complexity index is 508. The molecule has 102 valence electrons. The quantitative estimate of drug-likeness (QED) is 0.812. The summed E-state index contributed by atoms with van der Waals surface area (Å²) in [6, 6.07) is 1.45. The monoisotopic (exact) mass is 353 g/mol. The molecule has 0 aromatic carbocycles. The fraction of sp³-hybridized carbons (Fsp3) is 0.500. The van der Waals surface area contributed by atoms with E-state index in [0.717, 1.165) is 5.75 Å². The van der Waals surface area contributed by atoms with Crippen molar-refractivity contribution in [3.05, 3.63) is 16.7 Å². The number of anilines is 1. The van der Waals surface area contributed by atoms with E-state index < -0.39 is 10.0 Å². The third kappa shape index (κ3) is 4.42. The molecule has 0 aliphatic heterocycles. The third-order valence-corrected chi connectivity index (χ3v) is 5.00. The summed E-state index contributed by atoms with van der Waals surface area (Å²) in [6.07, 6.45) is 3.45. The number of rotatable bonds is 6. The first-order valence-corrected chi connectivity index (χ1v) is 8.93. The molecule has 1 unspecified atom stereocenters. The molecule has 1 aromatic heterocycles. The summed E-state index contributed by atoms with van der Waals surface area (Å²) in [7, 11) is -3.60. The first-order valence-electron chi connectivity index (χ1n) is 5.26. The fourth-order valence-electron chi connectivity index (χ4n) is 1.32. The molecule has 0 fully saturated rings. The van der Waals surface area contributed by atoms with Crippen molar-refractivity contribution in [2.45, 2.75) is 11.8 Å². The van der Waals surface area contributed by atoms with Crippen molar-refractivity contribution in [2.75, 3.05) is 24.3 Å². The van der Waals surface area contributed by atoms with E-state index in [0.29, 0.717) is 11.0 Å². The lowest BCUT2D eigenvalue weighted by molar-refractivity contribution is 0.562. The van der Waals surface area contributed by atoms with Gasteiger partial charge in [0.25, 0.3) is 0 Å². The molecule has 0 amide bonds. The number of nitrogens with two attached hydrogens (primary N) is 1. The molecule has 5 nitrogen and oxygen atoms in total. The maximum atomic E-state index is 12.1. The maximum Gasteiger partial charge on any atom is 0.244 e. The summed E-state index contributed by atoms with van der Waals surface area (Å²) in [5.74, 6) is 1.16. The summed E-state index contributed by atoms with van der Waals surface area (Å²) >= 11 is 4.86. The van der Waals surface area contributed by atoms with Gasteiger partial charge in [0.2, 0.25) is 10.0 Å². The van der Waals surface area contributed by atoms with E-state index in [1.807, 2.05) is 13.2 Å². The highest BCUT2D eigenvalue weighted by atomic mass is 79.9. The zero-order valence-corrected chi connectivity index (χ0v) is 13.4. The molecule has 8 heteroatoms. The van der Waals surface area contributed by atoms with Crippen molar-refractivity contribution in [3.8, 4) is 0 Å². The first-order chi connectivity index (χ1) is 8.36. The van der Waals surface area contributed by atoms with Crippen LogP contribution in [0, 0.1) is 5.92 Å². The highest BCUT2D eigenvalue weighted by Gasteiger charge is 2.19. The van der Waals surface area contributed by atoms with Gasteiger partial charge < -0.3 is 5.73 Å². The summed E-state index contributed by atoms with van der Waals surface area (Å²) in [5.41, 5.74) is 5.59. The van der Waals surface area contributed by atoms with E-state index in [1.54, 1.807) is 11.8 Å². The Labute approximate surface area is 120 Å². The van der Waals surface area contributed by atoms with E-state index >= 15 is 0 Å². The normalized spacial score (nSPS) is 13.5. The SMILES string of the molecule is CSCC(C)CNS(=O)(=O)c1cc(Br)cnc1N. The molecule has 0 spiro atoms. The number of hydrogen-bond donors (Lipinski definition) is 2. The Morgan fingerprint density at radius 3 is 2.89 bits per heavy atom. The highest BCUT2D eigenvalue weighted by Crippen LogP contribution is 2.20. The molecule has 1 aromatic rings. The predicted octanol–water partition coefficient (Wildman–Crippen LogP) is 1.70. The Balaban J connectivity index is 2.83. The number of sulfonamides is 1. The van der Waals surface area contributed by atoms with Crippen molar-refractivity contribution >= 4 is 43.5 Å². The maximum absolute atomic E-state index is 12.1. The Morgan fingerprint density at radius 1 is 1.61 bits per heavy atom. The van der Waals surface area contributed by atoms with Crippen molar-refractivity contribution < 1.29 is 8.42 Å². The number of nitrogen functional groups attached to an aromatic ring is 1. The topological polar surface area (TPSA) is 85.1 Å². The van der Waals surface area contributed by atoms with Gasteiger partial charge in [0.05, 0.1) is 0 Å². The van der Waals surface area contributed by atoms with E-state index in [9.17, 15) is 8.42 Å². The van der Waals surface area contributed by atoms with Gasteiger partial charge in [0.1, 0.15) is 10.7 Å². The van der Waals surface area contributed by atoms with Crippen LogP contribution < -0.4 is 10.5 Å². The molecule has 0 saturated carbocycles. The summed E-state index contributed by atoms with van der Waals surface area (Å²) in [5, 5.41) is 0. The molecule has 0 aliphatic carbocycles. The minimum atomic E-state index is -3.60. The molecule has 18 heavy (non-hydrogen) atoms. The molecule has 0 saturated heterocycles. The molecule has 1 rings (SSSR count). The molecule has 1 heterocycles. The molecular formula is C10H16BrN3O2S2. The standard InChI is InChI=1S/C10H16BrN3O2S2/c1-7(6-17-2)4-14-18(15,16)9-3-8(11)5-13-10(9)12/h3,5,7,14H,4,6H2,1-2H3,(H2,12,13). The second-order valence-electron chi connectivity index (χ2n) is 3.95. The molecule has 3 N–H and O–H groups in total. The lowest BCUT2D eigenvalue weighted by atomic mass is 10.2. The first kappa shape index (κ1) is 15.7. The van der Waals surface area contributed by atoms with Gasteiger partial charge in [-0.05, 0) is 39.9 Å². The fourth-order valence-corrected chi connectivity index (χ4v) is 3.76. The van der Waals surface area contributed by atoms with Crippen LogP contribution in [0.1, 0.15) is 6.92 Å². The van der Waals surface area contributed by atoms with Crippen LogP contribution in [0.25, 0.3) is 0 Å². The smallest absolute Gasteiger partial charge is 0.244 e. The van der Waals surface area contributed by atoms with E-state index in [-0.39, 0.29) is 16.6 Å². The molecular weight excluding hydrogens is 338 g/mol. The van der Waals surface area contributed by atoms with Crippen molar-refractivity contribution in [1.29, 1.82) is 0 Å². The number of aromatic nitrogens is 1. The van der Waals surface area contributed by atoms with Crippen LogP contribution in [-0.4, -0.2) is 32.0 Å². The molecule has 1 atom stereocenters. The van der Waals surface area contributed by atoms with Crippen LogP contribution in [0.3, 0.4) is 0 Å². The highest BCUT2D eigenvalue weighted by molar-refractivity contribution is 9.10. The lowest BCUT2D eigenvalue weighted by Gasteiger charge is -2.12. The second-order valence-corrected chi connectivity index (χ2v) is 7.51. The van der Waals surface area contributed by atoms with Crippen LogP contribution in [0.4, 0.5) is 5.82 Å². The number of halogens is 1. The van der Waals surface area contributed by atoms with E-state index in [1.165, 1.54) is 12.3 Å². The van der Waals surface area contributed by atoms with E-state index in [2.05, 4.69) is 25.6 Å². The summed E-state index contributed by atoms with van der Waals surface area (Å²) in [4.78, 5) is 3.82. The summed E-state index contributed by atoms with van der Waals surface area (Å²) < 4.78 is 27.2. The van der Waals surface area contributed by atoms with Crippen molar-refractivity contribution in [1.82, 2.24) is 9.71 Å². The van der Waals surface area contributed by atoms with Gasteiger partial charge in [-0.2, -0.15) is 11.8 Å². The minimum absolute atomic E-state index is 0.00298. The van der Waals surface area contributed by atoms with Gasteiger partial charge in [-0.25, -0.2) is 18.1 Å². The number of nitrogens with one attached hydrogen (secondary N) is 1. The lowest BCUT2D eigenvalue weighted by Crippen LogP contribution is -2.30. The number of hydrogen-bond acceptors (Lipinski definition) is 5. The predicted molar refractivity (Wildman–Crippen MR) is 79.1 cm³/mol. The summed E-state index contributed by atoms with van der Waals surface area (Å²) in [6.45, 7) is 2.37. The van der Waals surface area contributed by atoms with Gasteiger partial charge in [-0.15, -0.1) is 0 Å². The zero-order chi connectivity index (χ0) is 13.8. The van der Waals surface area contributed by atoms with Gasteiger partial charge in [-0.3, -0.25) is 0 Å². The Kier molecular flexibility index (Phi) is 5.90. The zero-order valence-electron chi connectivity index (χ0n) is 10.2. The van der Waals surface area contributed by atoms with E-state index in [4.69, 9.17) is 5.73 Å². The van der Waals surface area contributed by atoms with Crippen LogP contribution in [0.15, 0.2) is 21.6 Å². The largest absolute Gasteiger partial charge is 0.383 e. The van der Waals surface area contributed by atoms with Crippen LogP contribution in [-0.2, 0) is 10.0 Å². The molecule has 0 radical (unpaired) electrons. The average molecular weight is 354 g/mol. The minimum Gasteiger partial charge on any atom is -0.383 e. The Morgan fingerprint density at radius 2 is 2.28 bits per heavy atom. The van der Waals surface area contributed by atoms with Crippen molar-refractivity contribution in [2.24, 2.45) is 5.92 Å². The third-order valence-electron chi connectivity index (χ3n) is 2.21. The average Bonchev–Trinajstić information content (AvgIpc) is 2.30. The second kappa shape index (κ2) is 6.74. The van der Waals surface area contributed by atoms with Gasteiger partial charge in [-0.1, -0.05) is 6.92 Å². The van der Waals surface area contributed by atoms with Crippen LogP contribution in [0.5, 0.6) is 0 Å². The van der Waals surface area contributed by atoms with Gasteiger partial charge in [0.15, 0.2) is 0 Å². The number of pyridine rings is 1. The van der Waals surface area contributed by atoms with Crippen LogP contribution >= 0.6 is 27.7 Å².